The molecule has 0 atom stereocenters. The third kappa shape index (κ3) is 2.06. The average Bonchev–Trinajstić information content (AvgIpc) is 3.14. The Bertz CT molecular complexity index is 931. The van der Waals surface area contributed by atoms with Crippen LogP contribution in [0.25, 0.3) is 16.2 Å². The first kappa shape index (κ1) is 14.4. The maximum Gasteiger partial charge on any atom is 0.194 e. The van der Waals surface area contributed by atoms with Crippen LogP contribution in [0, 0.1) is 17.8 Å². The standard InChI is InChI=1S/C21H23N3S/c22-17-3-1-2-16(7-17)18-12-25-20-23-19(11-24(18)20)21-8-13-4-14(9-21)6-15(5-13)10-21/h1-3,7,11-15H,4-6,8-10,22H2. The maximum absolute atomic E-state index is 5.99. The molecule has 3 aromatic rings. The van der Waals surface area contributed by atoms with Gasteiger partial charge < -0.3 is 5.73 Å². The van der Waals surface area contributed by atoms with Gasteiger partial charge in [-0.3, -0.25) is 4.40 Å². The van der Waals surface area contributed by atoms with Crippen LogP contribution < -0.4 is 5.73 Å². The minimum absolute atomic E-state index is 0.369. The van der Waals surface area contributed by atoms with E-state index < -0.39 is 0 Å². The van der Waals surface area contributed by atoms with E-state index in [4.69, 9.17) is 10.7 Å². The molecule has 4 heteroatoms. The Morgan fingerprint density at radius 1 is 1.08 bits per heavy atom. The van der Waals surface area contributed by atoms with E-state index in [0.29, 0.717) is 5.41 Å². The van der Waals surface area contributed by atoms with Crippen molar-refractivity contribution in [2.75, 3.05) is 5.73 Å². The lowest BCUT2D eigenvalue weighted by atomic mass is 9.49. The number of rotatable bonds is 2. The number of benzene rings is 1. The Labute approximate surface area is 151 Å². The fraction of sp³-hybridized carbons (Fsp3) is 0.476. The maximum atomic E-state index is 5.99. The number of nitrogens with zero attached hydrogens (tertiary/aromatic N) is 2. The molecule has 25 heavy (non-hydrogen) atoms. The fourth-order valence-corrected chi connectivity index (χ4v) is 7.25. The number of hydrogen-bond acceptors (Lipinski definition) is 3. The molecule has 4 bridgehead atoms. The van der Waals surface area contributed by atoms with Gasteiger partial charge in [0.1, 0.15) is 0 Å². The number of fused-ring (bicyclic) bond motifs is 1. The number of nitrogens with two attached hydrogens (primary N) is 1. The molecule has 0 saturated heterocycles. The molecule has 0 aliphatic heterocycles. The Morgan fingerprint density at radius 3 is 2.48 bits per heavy atom. The Hall–Kier alpha value is -1.81. The van der Waals surface area contributed by atoms with Crippen LogP contribution in [-0.2, 0) is 5.41 Å². The van der Waals surface area contributed by atoms with Crippen LogP contribution in [0.2, 0.25) is 0 Å². The molecule has 0 unspecified atom stereocenters. The molecule has 7 rings (SSSR count). The van der Waals surface area contributed by atoms with E-state index in [1.54, 1.807) is 11.3 Å². The van der Waals surface area contributed by atoms with Gasteiger partial charge in [0.2, 0.25) is 0 Å². The predicted octanol–water partition coefficient (Wildman–Crippen LogP) is 5.11. The summed E-state index contributed by atoms with van der Waals surface area (Å²) in [5.74, 6) is 2.87. The zero-order chi connectivity index (χ0) is 16.6. The molecule has 2 aromatic heterocycles. The largest absolute Gasteiger partial charge is 0.399 e. The quantitative estimate of drug-likeness (QED) is 0.653. The summed E-state index contributed by atoms with van der Waals surface area (Å²) in [6, 6.07) is 8.18. The summed E-state index contributed by atoms with van der Waals surface area (Å²) >= 11 is 1.75. The molecule has 2 heterocycles. The number of anilines is 1. The number of thiazole rings is 1. The van der Waals surface area contributed by atoms with Crippen LogP contribution in [0.15, 0.2) is 35.8 Å². The lowest BCUT2D eigenvalue weighted by Crippen LogP contribution is -2.48. The van der Waals surface area contributed by atoms with E-state index in [2.05, 4.69) is 28.1 Å². The number of nitrogen functional groups attached to an aromatic ring is 1. The Kier molecular flexibility index (Phi) is 2.80. The van der Waals surface area contributed by atoms with Gasteiger partial charge in [-0.1, -0.05) is 12.1 Å². The van der Waals surface area contributed by atoms with Gasteiger partial charge in [-0.05, 0) is 68.4 Å². The van der Waals surface area contributed by atoms with Gasteiger partial charge in [0.25, 0.3) is 0 Å². The van der Waals surface area contributed by atoms with E-state index in [1.165, 1.54) is 55.5 Å². The lowest BCUT2D eigenvalue weighted by molar-refractivity contribution is -0.00696. The summed E-state index contributed by atoms with van der Waals surface area (Å²) in [7, 11) is 0. The normalized spacial score (nSPS) is 33.4. The van der Waals surface area contributed by atoms with Crippen LogP contribution in [0.1, 0.15) is 44.2 Å². The second-order valence-electron chi connectivity index (χ2n) is 8.72. The molecule has 1 aromatic carbocycles. The smallest absolute Gasteiger partial charge is 0.194 e. The van der Waals surface area contributed by atoms with Crippen molar-refractivity contribution in [3.63, 3.8) is 0 Å². The molecule has 4 aliphatic rings. The first-order chi connectivity index (χ1) is 12.2. The van der Waals surface area contributed by atoms with Gasteiger partial charge in [-0.2, -0.15) is 0 Å². The molecule has 4 aliphatic carbocycles. The Morgan fingerprint density at radius 2 is 1.80 bits per heavy atom. The zero-order valence-corrected chi connectivity index (χ0v) is 15.1. The third-order valence-corrected chi connectivity index (χ3v) is 7.81. The van der Waals surface area contributed by atoms with Crippen molar-refractivity contribution in [2.45, 2.75) is 43.9 Å². The van der Waals surface area contributed by atoms with Crippen molar-refractivity contribution in [1.82, 2.24) is 9.38 Å². The summed E-state index contributed by atoms with van der Waals surface area (Å²) < 4.78 is 2.30. The fourth-order valence-electron chi connectivity index (χ4n) is 6.37. The summed E-state index contributed by atoms with van der Waals surface area (Å²) in [4.78, 5) is 6.25. The van der Waals surface area contributed by atoms with E-state index in [1.807, 2.05) is 12.1 Å². The molecule has 0 radical (unpaired) electrons. The van der Waals surface area contributed by atoms with E-state index in [-0.39, 0.29) is 0 Å². The first-order valence-corrected chi connectivity index (χ1v) is 10.4. The molecule has 128 valence electrons. The van der Waals surface area contributed by atoms with Crippen molar-refractivity contribution in [1.29, 1.82) is 0 Å². The summed E-state index contributed by atoms with van der Waals surface area (Å²) in [6.45, 7) is 0. The van der Waals surface area contributed by atoms with Crippen molar-refractivity contribution >= 4 is 22.0 Å². The summed E-state index contributed by atoms with van der Waals surface area (Å²) in [5.41, 5.74) is 10.9. The van der Waals surface area contributed by atoms with E-state index >= 15 is 0 Å². The molecule has 0 amide bonds. The van der Waals surface area contributed by atoms with Gasteiger partial charge >= 0.3 is 0 Å². The molecular weight excluding hydrogens is 326 g/mol. The Balaban J connectivity index is 1.46. The van der Waals surface area contributed by atoms with E-state index in [9.17, 15) is 0 Å². The molecule has 0 spiro atoms. The average molecular weight is 350 g/mol. The van der Waals surface area contributed by atoms with Gasteiger partial charge in [0.05, 0.1) is 11.4 Å². The van der Waals surface area contributed by atoms with Crippen LogP contribution in [0.4, 0.5) is 5.69 Å². The molecule has 4 saturated carbocycles. The molecule has 2 N–H and O–H groups in total. The lowest BCUT2D eigenvalue weighted by Gasteiger charge is -2.56. The highest BCUT2D eigenvalue weighted by atomic mass is 32.1. The first-order valence-electron chi connectivity index (χ1n) is 9.51. The number of aromatic nitrogens is 2. The molecular formula is C21H23N3S. The SMILES string of the molecule is Nc1cccc(-c2csc3nc(C45CC6CC(CC(C6)C4)C5)cn23)c1. The van der Waals surface area contributed by atoms with Crippen LogP contribution in [0.3, 0.4) is 0 Å². The second-order valence-corrected chi connectivity index (χ2v) is 9.56. The summed E-state index contributed by atoms with van der Waals surface area (Å²) in [5, 5.41) is 2.21. The highest BCUT2D eigenvalue weighted by Gasteiger charge is 2.52. The minimum Gasteiger partial charge on any atom is -0.399 e. The van der Waals surface area contributed by atoms with Crippen molar-refractivity contribution in [3.8, 4) is 11.3 Å². The van der Waals surface area contributed by atoms with Crippen LogP contribution >= 0.6 is 11.3 Å². The number of hydrogen-bond donors (Lipinski definition) is 1. The highest BCUT2D eigenvalue weighted by molar-refractivity contribution is 7.15. The minimum atomic E-state index is 0.369. The van der Waals surface area contributed by atoms with Crippen molar-refractivity contribution < 1.29 is 0 Å². The summed E-state index contributed by atoms with van der Waals surface area (Å²) in [6.07, 6.45) is 10.9. The predicted molar refractivity (Wildman–Crippen MR) is 103 cm³/mol. The van der Waals surface area contributed by atoms with Gasteiger partial charge in [-0.15, -0.1) is 11.3 Å². The number of imidazole rings is 1. The van der Waals surface area contributed by atoms with Crippen LogP contribution in [-0.4, -0.2) is 9.38 Å². The zero-order valence-electron chi connectivity index (χ0n) is 14.3. The van der Waals surface area contributed by atoms with E-state index in [0.717, 1.165) is 28.4 Å². The van der Waals surface area contributed by atoms with Crippen molar-refractivity contribution in [3.05, 3.63) is 41.5 Å². The molecule has 3 nitrogen and oxygen atoms in total. The van der Waals surface area contributed by atoms with Crippen molar-refractivity contribution in [2.24, 2.45) is 17.8 Å². The highest BCUT2D eigenvalue weighted by Crippen LogP contribution is 2.60. The van der Waals surface area contributed by atoms with Gasteiger partial charge in [-0.25, -0.2) is 4.98 Å². The monoisotopic (exact) mass is 349 g/mol. The van der Waals surface area contributed by atoms with Gasteiger partial charge in [0.15, 0.2) is 4.96 Å². The topological polar surface area (TPSA) is 43.3 Å². The second kappa shape index (κ2) is 4.88. The molecule has 4 fully saturated rings. The third-order valence-electron chi connectivity index (χ3n) is 6.97. The van der Waals surface area contributed by atoms with Gasteiger partial charge in [0, 0.05) is 28.2 Å². The van der Waals surface area contributed by atoms with Crippen LogP contribution in [0.5, 0.6) is 0 Å².